The molecule has 0 bridgehead atoms. The Balaban J connectivity index is 2.82. The van der Waals surface area contributed by atoms with E-state index in [4.69, 9.17) is 11.6 Å². The predicted octanol–water partition coefficient (Wildman–Crippen LogP) is 2.32. The Labute approximate surface area is 76.1 Å². The number of aryl methyl sites for hydroxylation is 1. The Kier molecular flexibility index (Phi) is 3.11. The minimum Gasteiger partial charge on any atom is -0.463 e. The summed E-state index contributed by atoms with van der Waals surface area (Å²) in [6.07, 6.45) is 0. The van der Waals surface area contributed by atoms with Crippen molar-refractivity contribution in [1.29, 1.82) is 0 Å². The van der Waals surface area contributed by atoms with E-state index in [1.807, 2.05) is 13.0 Å². The fourth-order valence-corrected chi connectivity index (χ4v) is 1.11. The van der Waals surface area contributed by atoms with Crippen molar-refractivity contribution in [3.05, 3.63) is 34.3 Å². The number of carbonyl (C=O) groups excluding carboxylic acids is 1. The van der Waals surface area contributed by atoms with Crippen molar-refractivity contribution in [2.45, 2.75) is 13.5 Å². The second kappa shape index (κ2) is 4.12. The Morgan fingerprint density at radius 1 is 1.58 bits per heavy atom. The van der Waals surface area contributed by atoms with Crippen LogP contribution in [0.1, 0.15) is 11.1 Å². The lowest BCUT2D eigenvalue weighted by Gasteiger charge is -2.03. The van der Waals surface area contributed by atoms with E-state index in [1.54, 1.807) is 12.1 Å². The van der Waals surface area contributed by atoms with Gasteiger partial charge in [0.15, 0.2) is 0 Å². The van der Waals surface area contributed by atoms with Gasteiger partial charge in [-0.3, -0.25) is 4.79 Å². The molecule has 0 spiro atoms. The molecule has 0 aliphatic carbocycles. The molecule has 1 rings (SSSR count). The molecule has 0 radical (unpaired) electrons. The number of halogens is 1. The number of hydrogen-bond donors (Lipinski definition) is 0. The van der Waals surface area contributed by atoms with E-state index < -0.39 is 0 Å². The van der Waals surface area contributed by atoms with Gasteiger partial charge in [0.05, 0.1) is 0 Å². The average molecular weight is 185 g/mol. The van der Waals surface area contributed by atoms with E-state index in [0.717, 1.165) is 11.1 Å². The zero-order chi connectivity index (χ0) is 8.97. The number of hydrogen-bond acceptors (Lipinski definition) is 2. The van der Waals surface area contributed by atoms with Gasteiger partial charge in [0.1, 0.15) is 6.61 Å². The van der Waals surface area contributed by atoms with Crippen LogP contribution in [-0.2, 0) is 16.1 Å². The highest BCUT2D eigenvalue weighted by molar-refractivity contribution is 6.30. The van der Waals surface area contributed by atoms with Crippen LogP contribution < -0.4 is 0 Å². The van der Waals surface area contributed by atoms with E-state index in [9.17, 15) is 4.79 Å². The highest BCUT2D eigenvalue weighted by Gasteiger charge is 1.98. The van der Waals surface area contributed by atoms with Gasteiger partial charge in [0.2, 0.25) is 0 Å². The maximum atomic E-state index is 9.92. The summed E-state index contributed by atoms with van der Waals surface area (Å²) in [4.78, 5) is 9.92. The van der Waals surface area contributed by atoms with E-state index in [0.29, 0.717) is 11.5 Å². The first-order valence-corrected chi connectivity index (χ1v) is 3.92. The number of carbonyl (C=O) groups is 1. The van der Waals surface area contributed by atoms with Crippen LogP contribution in [0, 0.1) is 6.92 Å². The molecular formula is C9H9ClO2. The second-order valence-corrected chi connectivity index (χ2v) is 2.91. The number of benzene rings is 1. The largest absolute Gasteiger partial charge is 0.463 e. The normalized spacial score (nSPS) is 9.50. The zero-order valence-electron chi connectivity index (χ0n) is 6.71. The maximum Gasteiger partial charge on any atom is 0.293 e. The lowest BCUT2D eigenvalue weighted by molar-refractivity contribution is -0.129. The summed E-state index contributed by atoms with van der Waals surface area (Å²) in [6.45, 7) is 2.66. The average Bonchev–Trinajstić information content (AvgIpc) is 2.07. The molecule has 0 saturated heterocycles. The molecule has 0 amide bonds. The van der Waals surface area contributed by atoms with Crippen molar-refractivity contribution in [3.63, 3.8) is 0 Å². The van der Waals surface area contributed by atoms with E-state index >= 15 is 0 Å². The van der Waals surface area contributed by atoms with Crippen molar-refractivity contribution in [3.8, 4) is 0 Å². The van der Waals surface area contributed by atoms with Gasteiger partial charge in [-0.25, -0.2) is 0 Å². The summed E-state index contributed by atoms with van der Waals surface area (Å²) < 4.78 is 4.62. The van der Waals surface area contributed by atoms with Gasteiger partial charge in [-0.2, -0.15) is 0 Å². The standard InChI is InChI=1S/C9H9ClO2/c1-7-2-3-9(10)4-8(7)5-12-6-11/h2-4,6H,5H2,1H3. The molecule has 1 aromatic carbocycles. The summed E-state index contributed by atoms with van der Waals surface area (Å²) in [5, 5.41) is 0.657. The van der Waals surface area contributed by atoms with Gasteiger partial charge in [-0.1, -0.05) is 17.7 Å². The molecule has 0 unspecified atom stereocenters. The highest BCUT2D eigenvalue weighted by Crippen LogP contribution is 2.15. The fraction of sp³-hybridized carbons (Fsp3) is 0.222. The molecule has 2 nitrogen and oxygen atoms in total. The molecule has 0 aliphatic rings. The Hall–Kier alpha value is -1.02. The molecule has 64 valence electrons. The molecule has 0 fully saturated rings. The minimum absolute atomic E-state index is 0.288. The van der Waals surface area contributed by atoms with Crippen LogP contribution in [0.2, 0.25) is 5.02 Å². The Morgan fingerprint density at radius 3 is 3.00 bits per heavy atom. The third-order valence-electron chi connectivity index (χ3n) is 1.62. The molecule has 3 heteroatoms. The number of rotatable bonds is 3. The fourth-order valence-electron chi connectivity index (χ4n) is 0.919. The number of ether oxygens (including phenoxy) is 1. The molecule has 0 N–H and O–H groups in total. The van der Waals surface area contributed by atoms with E-state index in [-0.39, 0.29) is 6.61 Å². The monoisotopic (exact) mass is 184 g/mol. The topological polar surface area (TPSA) is 26.3 Å². The first-order chi connectivity index (χ1) is 5.74. The first kappa shape index (κ1) is 9.07. The minimum atomic E-state index is 0.288. The van der Waals surface area contributed by atoms with Crippen LogP contribution >= 0.6 is 11.6 Å². The van der Waals surface area contributed by atoms with Crippen LogP contribution in [0.3, 0.4) is 0 Å². The summed E-state index contributed by atoms with van der Waals surface area (Å²) in [7, 11) is 0. The quantitative estimate of drug-likeness (QED) is 0.674. The van der Waals surface area contributed by atoms with Crippen LogP contribution in [-0.4, -0.2) is 6.47 Å². The van der Waals surface area contributed by atoms with Gasteiger partial charge in [-0.15, -0.1) is 0 Å². The smallest absolute Gasteiger partial charge is 0.293 e. The van der Waals surface area contributed by atoms with E-state index in [2.05, 4.69) is 4.74 Å². The SMILES string of the molecule is Cc1ccc(Cl)cc1COC=O. The highest BCUT2D eigenvalue weighted by atomic mass is 35.5. The van der Waals surface area contributed by atoms with Crippen LogP contribution in [0.5, 0.6) is 0 Å². The lowest BCUT2D eigenvalue weighted by atomic mass is 10.1. The molecule has 0 atom stereocenters. The second-order valence-electron chi connectivity index (χ2n) is 2.48. The van der Waals surface area contributed by atoms with Gasteiger partial charge in [-0.05, 0) is 30.2 Å². The summed E-state index contributed by atoms with van der Waals surface area (Å²) in [5.41, 5.74) is 2.01. The van der Waals surface area contributed by atoms with Crippen molar-refractivity contribution in [1.82, 2.24) is 0 Å². The van der Waals surface area contributed by atoms with Gasteiger partial charge >= 0.3 is 0 Å². The molecule has 1 aromatic rings. The molecule has 0 saturated carbocycles. The van der Waals surface area contributed by atoms with Gasteiger partial charge < -0.3 is 4.74 Å². The molecule has 0 aromatic heterocycles. The van der Waals surface area contributed by atoms with Crippen LogP contribution in [0.15, 0.2) is 18.2 Å². The zero-order valence-corrected chi connectivity index (χ0v) is 7.47. The predicted molar refractivity (Wildman–Crippen MR) is 47.0 cm³/mol. The van der Waals surface area contributed by atoms with Crippen molar-refractivity contribution in [2.75, 3.05) is 0 Å². The van der Waals surface area contributed by atoms with Crippen molar-refractivity contribution in [2.24, 2.45) is 0 Å². The summed E-state index contributed by atoms with van der Waals surface area (Å²) in [5.74, 6) is 0. The molecular weight excluding hydrogens is 176 g/mol. The molecule has 12 heavy (non-hydrogen) atoms. The summed E-state index contributed by atoms with van der Waals surface area (Å²) in [6, 6.07) is 5.49. The van der Waals surface area contributed by atoms with Gasteiger partial charge in [0.25, 0.3) is 6.47 Å². The molecule has 0 aliphatic heterocycles. The third-order valence-corrected chi connectivity index (χ3v) is 1.85. The Morgan fingerprint density at radius 2 is 2.33 bits per heavy atom. The van der Waals surface area contributed by atoms with Crippen molar-refractivity contribution >= 4 is 18.1 Å². The van der Waals surface area contributed by atoms with Gasteiger partial charge in [0, 0.05) is 5.02 Å². The Bertz CT molecular complexity index is 284. The van der Waals surface area contributed by atoms with E-state index in [1.165, 1.54) is 0 Å². The first-order valence-electron chi connectivity index (χ1n) is 3.54. The maximum absolute atomic E-state index is 9.92. The lowest BCUT2D eigenvalue weighted by Crippen LogP contribution is -1.92. The third kappa shape index (κ3) is 2.24. The van der Waals surface area contributed by atoms with Crippen LogP contribution in [0.4, 0.5) is 0 Å². The summed E-state index contributed by atoms with van der Waals surface area (Å²) >= 11 is 5.75. The van der Waals surface area contributed by atoms with Crippen LogP contribution in [0.25, 0.3) is 0 Å². The molecule has 0 heterocycles. The van der Waals surface area contributed by atoms with Crippen molar-refractivity contribution < 1.29 is 9.53 Å².